The van der Waals surface area contributed by atoms with Crippen molar-refractivity contribution in [3.63, 3.8) is 0 Å². The first-order valence-electron chi connectivity index (χ1n) is 7.79. The Morgan fingerprint density at radius 1 is 1.33 bits per heavy atom. The van der Waals surface area contributed by atoms with Crippen molar-refractivity contribution in [1.82, 2.24) is 0 Å². The van der Waals surface area contributed by atoms with Gasteiger partial charge < -0.3 is 4.74 Å². The summed E-state index contributed by atoms with van der Waals surface area (Å²) < 4.78 is 4.60. The van der Waals surface area contributed by atoms with Gasteiger partial charge in [0.15, 0.2) is 5.78 Å². The van der Waals surface area contributed by atoms with Crippen LogP contribution in [0.1, 0.15) is 58.3 Å². The van der Waals surface area contributed by atoms with Crippen LogP contribution in [-0.2, 0) is 14.3 Å². The summed E-state index contributed by atoms with van der Waals surface area (Å²) in [7, 11) is 1.41. The van der Waals surface area contributed by atoms with Crippen LogP contribution in [0.2, 0.25) is 0 Å². The first-order chi connectivity index (χ1) is 10.1. The fraction of sp³-hybridized carbons (Fsp3) is 0.647. The second kappa shape index (κ2) is 9.78. The van der Waals surface area contributed by atoms with Gasteiger partial charge in [0.05, 0.1) is 12.1 Å². The van der Waals surface area contributed by atoms with Gasteiger partial charge in [-0.25, -0.2) is 0 Å². The standard InChI is InChI=1S/C17H25ClO3/c1-3-4-9-13-12-15(18)17(20)14(13)10-7-5-6-8-11-16(19)21-2/h10,12-13H,3-9,11H2,1-2H3/b14-10-. The van der Waals surface area contributed by atoms with E-state index in [1.807, 2.05) is 12.2 Å². The summed E-state index contributed by atoms with van der Waals surface area (Å²) in [5, 5.41) is 0.369. The lowest BCUT2D eigenvalue weighted by atomic mass is 9.95. The van der Waals surface area contributed by atoms with E-state index in [4.69, 9.17) is 11.6 Å². The van der Waals surface area contributed by atoms with Crippen LogP contribution in [0.3, 0.4) is 0 Å². The summed E-state index contributed by atoms with van der Waals surface area (Å²) in [6.07, 6.45) is 11.3. The number of rotatable bonds is 9. The number of hydrogen-bond donors (Lipinski definition) is 0. The lowest BCUT2D eigenvalue weighted by Crippen LogP contribution is -2.04. The zero-order valence-corrected chi connectivity index (χ0v) is 13.7. The monoisotopic (exact) mass is 312 g/mol. The van der Waals surface area contributed by atoms with Gasteiger partial charge in [-0.2, -0.15) is 0 Å². The molecular weight excluding hydrogens is 288 g/mol. The summed E-state index contributed by atoms with van der Waals surface area (Å²) in [6, 6.07) is 0. The predicted molar refractivity (Wildman–Crippen MR) is 85.1 cm³/mol. The minimum absolute atomic E-state index is 0.00710. The Kier molecular flexibility index (Phi) is 8.36. The molecule has 0 heterocycles. The molecule has 0 N–H and O–H groups in total. The van der Waals surface area contributed by atoms with E-state index in [-0.39, 0.29) is 17.7 Å². The number of ketones is 1. The Morgan fingerprint density at radius 3 is 2.76 bits per heavy atom. The largest absolute Gasteiger partial charge is 0.469 e. The highest BCUT2D eigenvalue weighted by molar-refractivity contribution is 6.46. The molecule has 0 aromatic heterocycles. The highest BCUT2D eigenvalue weighted by Gasteiger charge is 2.27. The Balaban J connectivity index is 2.36. The van der Waals surface area contributed by atoms with E-state index in [0.29, 0.717) is 11.5 Å². The molecule has 0 saturated carbocycles. The molecule has 0 aliphatic heterocycles. The molecule has 1 aliphatic rings. The van der Waals surface area contributed by atoms with Crippen molar-refractivity contribution in [2.45, 2.75) is 58.3 Å². The van der Waals surface area contributed by atoms with Crippen molar-refractivity contribution < 1.29 is 14.3 Å². The number of unbranched alkanes of at least 4 members (excludes halogenated alkanes) is 4. The molecule has 0 amide bonds. The first-order valence-corrected chi connectivity index (χ1v) is 8.16. The zero-order chi connectivity index (χ0) is 15.7. The average Bonchev–Trinajstić information content (AvgIpc) is 2.75. The second-order valence-corrected chi connectivity index (χ2v) is 5.83. The number of carbonyl (C=O) groups excluding carboxylic acids is 2. The zero-order valence-electron chi connectivity index (χ0n) is 13.0. The van der Waals surface area contributed by atoms with E-state index in [9.17, 15) is 9.59 Å². The van der Waals surface area contributed by atoms with Crippen LogP contribution >= 0.6 is 11.6 Å². The summed E-state index contributed by atoms with van der Waals surface area (Å²) >= 11 is 5.96. The molecule has 1 unspecified atom stereocenters. The molecule has 118 valence electrons. The maximum absolute atomic E-state index is 12.0. The van der Waals surface area contributed by atoms with Crippen LogP contribution < -0.4 is 0 Å². The van der Waals surface area contributed by atoms with E-state index in [1.165, 1.54) is 7.11 Å². The molecule has 4 heteroatoms. The van der Waals surface area contributed by atoms with Gasteiger partial charge >= 0.3 is 5.97 Å². The molecule has 3 nitrogen and oxygen atoms in total. The van der Waals surface area contributed by atoms with Gasteiger partial charge in [0, 0.05) is 17.9 Å². The molecule has 1 atom stereocenters. The quantitative estimate of drug-likeness (QED) is 0.356. The van der Waals surface area contributed by atoms with Crippen molar-refractivity contribution in [1.29, 1.82) is 0 Å². The van der Waals surface area contributed by atoms with Crippen LogP contribution in [0.5, 0.6) is 0 Å². The second-order valence-electron chi connectivity index (χ2n) is 5.43. The van der Waals surface area contributed by atoms with Crippen molar-refractivity contribution in [2.24, 2.45) is 5.92 Å². The van der Waals surface area contributed by atoms with E-state index in [0.717, 1.165) is 50.5 Å². The van der Waals surface area contributed by atoms with E-state index < -0.39 is 0 Å². The van der Waals surface area contributed by atoms with Crippen molar-refractivity contribution >= 4 is 23.4 Å². The van der Waals surface area contributed by atoms with Gasteiger partial charge in [0.1, 0.15) is 0 Å². The van der Waals surface area contributed by atoms with Gasteiger partial charge in [0.25, 0.3) is 0 Å². The van der Waals surface area contributed by atoms with Gasteiger partial charge in [0.2, 0.25) is 0 Å². The van der Waals surface area contributed by atoms with Crippen LogP contribution in [0, 0.1) is 5.92 Å². The maximum atomic E-state index is 12.0. The molecular formula is C17H25ClO3. The number of Topliss-reactive ketones (excluding diaryl/α,β-unsaturated/α-hetero) is 1. The minimum atomic E-state index is -0.157. The van der Waals surface area contributed by atoms with Crippen molar-refractivity contribution in [3.8, 4) is 0 Å². The number of halogens is 1. The molecule has 1 rings (SSSR count). The Morgan fingerprint density at radius 2 is 2.10 bits per heavy atom. The number of ether oxygens (including phenoxy) is 1. The third-order valence-corrected chi connectivity index (χ3v) is 4.07. The van der Waals surface area contributed by atoms with E-state index in [1.54, 1.807) is 0 Å². The summed E-state index contributed by atoms with van der Waals surface area (Å²) in [6.45, 7) is 2.15. The Labute approximate surface area is 132 Å². The van der Waals surface area contributed by atoms with Gasteiger partial charge in [-0.05, 0) is 25.7 Å². The Bertz CT molecular complexity index is 424. The molecule has 0 saturated heterocycles. The van der Waals surface area contributed by atoms with E-state index in [2.05, 4.69) is 11.7 Å². The predicted octanol–water partition coefficient (Wildman–Crippen LogP) is 4.55. The van der Waals surface area contributed by atoms with Crippen LogP contribution in [0.4, 0.5) is 0 Å². The highest BCUT2D eigenvalue weighted by atomic mass is 35.5. The lowest BCUT2D eigenvalue weighted by Gasteiger charge is -2.09. The molecule has 1 aliphatic carbocycles. The molecule has 21 heavy (non-hydrogen) atoms. The number of carbonyl (C=O) groups is 2. The molecule has 0 bridgehead atoms. The topological polar surface area (TPSA) is 43.4 Å². The van der Waals surface area contributed by atoms with Gasteiger partial charge in [-0.3, -0.25) is 9.59 Å². The lowest BCUT2D eigenvalue weighted by molar-refractivity contribution is -0.140. The first kappa shape index (κ1) is 18.0. The molecule has 0 aromatic rings. The number of methoxy groups -OCH3 is 1. The molecule has 0 radical (unpaired) electrons. The number of allylic oxidation sites excluding steroid dienone is 4. The number of hydrogen-bond acceptors (Lipinski definition) is 3. The van der Waals surface area contributed by atoms with Crippen molar-refractivity contribution in [3.05, 3.63) is 22.8 Å². The highest BCUT2D eigenvalue weighted by Crippen LogP contribution is 2.33. The minimum Gasteiger partial charge on any atom is -0.469 e. The SMILES string of the molecule is CCCCC1C=C(Cl)C(=O)/C1=C\CCCCCC(=O)OC. The average molecular weight is 313 g/mol. The van der Waals surface area contributed by atoms with Gasteiger partial charge in [-0.1, -0.05) is 49.9 Å². The van der Waals surface area contributed by atoms with Crippen LogP contribution in [0.25, 0.3) is 0 Å². The molecule has 0 fully saturated rings. The van der Waals surface area contributed by atoms with Crippen LogP contribution in [-0.4, -0.2) is 18.9 Å². The smallest absolute Gasteiger partial charge is 0.305 e. The molecule has 0 aromatic carbocycles. The maximum Gasteiger partial charge on any atom is 0.305 e. The number of esters is 1. The third kappa shape index (κ3) is 6.04. The fourth-order valence-electron chi connectivity index (χ4n) is 2.51. The summed E-state index contributed by atoms with van der Waals surface area (Å²) in [5.41, 5.74) is 0.862. The van der Waals surface area contributed by atoms with E-state index >= 15 is 0 Å². The van der Waals surface area contributed by atoms with Crippen molar-refractivity contribution in [2.75, 3.05) is 7.11 Å². The van der Waals surface area contributed by atoms with Gasteiger partial charge in [-0.15, -0.1) is 0 Å². The Hall–Kier alpha value is -1.09. The molecule has 0 spiro atoms. The third-order valence-electron chi connectivity index (χ3n) is 3.77. The summed E-state index contributed by atoms with van der Waals surface area (Å²) in [5.74, 6) is 0.0299. The van der Waals surface area contributed by atoms with Crippen LogP contribution in [0.15, 0.2) is 22.8 Å². The summed E-state index contributed by atoms with van der Waals surface area (Å²) in [4.78, 5) is 23.0. The normalized spacial score (nSPS) is 20.0. The fourth-order valence-corrected chi connectivity index (χ4v) is 2.77.